The van der Waals surface area contributed by atoms with Gasteiger partial charge in [0.05, 0.1) is 0 Å². The van der Waals surface area contributed by atoms with E-state index < -0.39 is 58.4 Å². The van der Waals surface area contributed by atoms with Crippen molar-refractivity contribution in [2.75, 3.05) is 50.0 Å². The number of hydrogen-bond donors (Lipinski definition) is 5. The van der Waals surface area contributed by atoms with Crippen LogP contribution in [0.3, 0.4) is 0 Å². The number of anilines is 2. The molecule has 0 saturated carbocycles. The van der Waals surface area contributed by atoms with Crippen LogP contribution in [0.2, 0.25) is 0 Å². The van der Waals surface area contributed by atoms with Crippen molar-refractivity contribution in [3.05, 3.63) is 44.7 Å². The van der Waals surface area contributed by atoms with Gasteiger partial charge in [-0.3, -0.25) is 24.1 Å². The minimum atomic E-state index is -1.34. The van der Waals surface area contributed by atoms with Crippen molar-refractivity contribution in [3.63, 3.8) is 0 Å². The molecule has 7 heterocycles. The molecule has 0 spiro atoms. The lowest BCUT2D eigenvalue weighted by Crippen LogP contribution is -2.70. The minimum absolute atomic E-state index is 0.00817. The lowest BCUT2D eigenvalue weighted by Gasteiger charge is -2.48. The van der Waals surface area contributed by atoms with Gasteiger partial charge in [0.25, 0.3) is 23.6 Å². The molecule has 5 aliphatic heterocycles. The lowest BCUT2D eigenvalue weighted by molar-refractivity contribution is -0.150. The number of thiazole rings is 2. The summed E-state index contributed by atoms with van der Waals surface area (Å²) >= 11 is 4.66. The molecule has 2 aromatic heterocycles. The van der Waals surface area contributed by atoms with E-state index in [1.54, 1.807) is 0 Å². The van der Waals surface area contributed by atoms with Crippen LogP contribution in [0.5, 0.6) is 0 Å². The molecule has 7 rings (SSSR count). The number of thioether (sulfide) groups is 2. The molecule has 0 unspecified atom stereocenters. The van der Waals surface area contributed by atoms with Gasteiger partial charge in [-0.2, -0.15) is 0 Å². The second-order valence-electron chi connectivity index (χ2n) is 11.1. The molecule has 0 aromatic carbocycles. The SMILES string of the molecule is CO/N=C(\C(=O)N[C@H](C(=O)Nc1nc(/C(=N/OC)C(=O)N[C@@H]2C(=O)N3C4=C(COC4=O)CS[C@H]23)cs1)[C@@H]1NC2=C(COC2=O)CS1)c1csc(N)n1. The number of nitrogen functional groups attached to an aromatic ring is 1. The standard InChI is InChI=1S/C28H26N10O10S4/c1-45-36-14(11-7-51-27(29)30-11)19(39)32-16(22-34-13-9(5-49-22)3-47-25(13)43)21(41)35-28-31-12(8-52-28)15(37-46-2)20(40)33-17-23(42)38-18-10(4-48-26(18)44)6-50-24(17)38/h7-8,16-17,22,24,34H,3-6H2,1-2H3,(H2,29,30)(H,32,39)(H,33,40)(H,31,35,41)/b36-14-,37-15-/t16-,17-,22-,24-/m1/s1. The van der Waals surface area contributed by atoms with Crippen LogP contribution in [0.4, 0.5) is 10.3 Å². The minimum Gasteiger partial charge on any atom is -0.456 e. The number of fused-ring (bicyclic) bond motifs is 2. The average molecular weight is 791 g/mol. The number of esters is 2. The number of ether oxygens (including phenoxy) is 2. The molecule has 0 bridgehead atoms. The molecule has 0 radical (unpaired) electrons. The summed E-state index contributed by atoms with van der Waals surface area (Å²) in [5.41, 5.74) is 7.19. The van der Waals surface area contributed by atoms with E-state index in [0.717, 1.165) is 28.2 Å². The fourth-order valence-corrected chi connectivity index (χ4v) is 9.35. The van der Waals surface area contributed by atoms with E-state index in [9.17, 15) is 28.8 Å². The van der Waals surface area contributed by atoms with Crippen LogP contribution in [0.25, 0.3) is 0 Å². The van der Waals surface area contributed by atoms with Gasteiger partial charge in [-0.05, 0) is 0 Å². The number of nitrogens with one attached hydrogen (secondary N) is 4. The third-order valence-electron chi connectivity index (χ3n) is 7.97. The number of rotatable bonds is 11. The molecule has 4 amide bonds. The first kappa shape index (κ1) is 35.2. The summed E-state index contributed by atoms with van der Waals surface area (Å²) in [6, 6.07) is -2.29. The summed E-state index contributed by atoms with van der Waals surface area (Å²) in [6.45, 7) is 0.241. The Morgan fingerprint density at radius 2 is 1.63 bits per heavy atom. The van der Waals surface area contributed by atoms with Gasteiger partial charge in [0.2, 0.25) is 0 Å². The summed E-state index contributed by atoms with van der Waals surface area (Å²) < 4.78 is 10.2. The second kappa shape index (κ2) is 14.4. The molecule has 2 aromatic rings. The van der Waals surface area contributed by atoms with Gasteiger partial charge in [-0.15, -0.1) is 46.2 Å². The normalized spacial score (nSPS) is 23.0. The Morgan fingerprint density at radius 3 is 2.37 bits per heavy atom. The van der Waals surface area contributed by atoms with Crippen molar-refractivity contribution in [1.29, 1.82) is 0 Å². The van der Waals surface area contributed by atoms with Crippen molar-refractivity contribution >= 4 is 103 Å². The van der Waals surface area contributed by atoms with Gasteiger partial charge in [-0.25, -0.2) is 19.6 Å². The highest BCUT2D eigenvalue weighted by Crippen LogP contribution is 2.42. The highest BCUT2D eigenvalue weighted by atomic mass is 32.2. The third-order valence-corrected chi connectivity index (χ3v) is 12.0. The Balaban J connectivity index is 1.07. The third kappa shape index (κ3) is 6.52. The number of carbonyl (C=O) groups excluding carboxylic acids is 6. The van der Waals surface area contributed by atoms with Crippen LogP contribution in [-0.4, -0.2) is 124 Å². The molecule has 6 N–H and O–H groups in total. The van der Waals surface area contributed by atoms with E-state index in [4.69, 9.17) is 24.9 Å². The van der Waals surface area contributed by atoms with E-state index in [0.29, 0.717) is 17.1 Å². The first-order valence-corrected chi connectivity index (χ1v) is 18.9. The topological polar surface area (TPSA) is 267 Å². The van der Waals surface area contributed by atoms with Gasteiger partial charge in [0.1, 0.15) is 73.0 Å². The predicted octanol–water partition coefficient (Wildman–Crippen LogP) is -1.31. The van der Waals surface area contributed by atoms with Crippen molar-refractivity contribution in [2.24, 2.45) is 10.3 Å². The second-order valence-corrected chi connectivity index (χ2v) is 15.1. The van der Waals surface area contributed by atoms with Crippen molar-refractivity contribution in [3.8, 4) is 0 Å². The molecule has 24 heteroatoms. The highest BCUT2D eigenvalue weighted by molar-refractivity contribution is 8.00. The summed E-state index contributed by atoms with van der Waals surface area (Å²) in [5.74, 6) is -3.18. The monoisotopic (exact) mass is 790 g/mol. The lowest BCUT2D eigenvalue weighted by atomic mass is 10.0. The molecule has 20 nitrogen and oxygen atoms in total. The maximum atomic E-state index is 13.9. The molecule has 272 valence electrons. The number of cyclic esters (lactones) is 2. The summed E-state index contributed by atoms with van der Waals surface area (Å²) in [7, 11) is 2.46. The van der Waals surface area contributed by atoms with Gasteiger partial charge in [0.15, 0.2) is 21.7 Å². The molecular formula is C28H26N10O10S4. The van der Waals surface area contributed by atoms with Crippen molar-refractivity contribution < 1.29 is 47.9 Å². The fraction of sp³-hybridized carbons (Fsp3) is 0.357. The number of nitrogens with two attached hydrogens (primary N) is 1. The average Bonchev–Trinajstić information content (AvgIpc) is 3.94. The van der Waals surface area contributed by atoms with E-state index in [2.05, 4.69) is 41.5 Å². The number of β-lactam (4-membered cyclic amide) rings is 1. The van der Waals surface area contributed by atoms with Crippen LogP contribution in [0.15, 0.2) is 43.6 Å². The Morgan fingerprint density at radius 1 is 0.962 bits per heavy atom. The number of aromatic nitrogens is 2. The molecule has 5 aliphatic rings. The van der Waals surface area contributed by atoms with E-state index >= 15 is 0 Å². The van der Waals surface area contributed by atoms with Gasteiger partial charge in [0, 0.05) is 33.4 Å². The van der Waals surface area contributed by atoms with Crippen LogP contribution < -0.4 is 27.0 Å². The summed E-state index contributed by atoms with van der Waals surface area (Å²) in [4.78, 5) is 97.8. The summed E-state index contributed by atoms with van der Waals surface area (Å²) in [6.07, 6.45) is 0. The predicted molar refractivity (Wildman–Crippen MR) is 187 cm³/mol. The maximum Gasteiger partial charge on any atom is 0.355 e. The maximum absolute atomic E-state index is 13.9. The summed E-state index contributed by atoms with van der Waals surface area (Å²) in [5, 5.41) is 20.3. The smallest absolute Gasteiger partial charge is 0.355 e. The largest absolute Gasteiger partial charge is 0.456 e. The van der Waals surface area contributed by atoms with Crippen LogP contribution in [0, 0.1) is 0 Å². The number of carbonyl (C=O) groups is 6. The van der Waals surface area contributed by atoms with Crippen molar-refractivity contribution in [1.82, 2.24) is 30.8 Å². The molecular weight excluding hydrogens is 765 g/mol. The first-order valence-electron chi connectivity index (χ1n) is 15.0. The molecule has 1 fully saturated rings. The van der Waals surface area contributed by atoms with E-state index in [-0.39, 0.29) is 57.7 Å². The number of oxime groups is 2. The molecule has 1 saturated heterocycles. The zero-order chi connectivity index (χ0) is 36.7. The van der Waals surface area contributed by atoms with Gasteiger partial charge < -0.3 is 46.1 Å². The molecule has 52 heavy (non-hydrogen) atoms. The fourth-order valence-electron chi connectivity index (χ4n) is 5.58. The van der Waals surface area contributed by atoms with Crippen LogP contribution in [-0.2, 0) is 47.9 Å². The van der Waals surface area contributed by atoms with Gasteiger partial charge >= 0.3 is 11.9 Å². The van der Waals surface area contributed by atoms with E-state index in [1.807, 2.05) is 0 Å². The van der Waals surface area contributed by atoms with Gasteiger partial charge in [-0.1, -0.05) is 10.3 Å². The quantitative estimate of drug-likeness (QED) is 0.0766. The Hall–Kier alpha value is -5.20. The Labute approximate surface area is 308 Å². The Kier molecular flexibility index (Phi) is 9.78. The van der Waals surface area contributed by atoms with Crippen molar-refractivity contribution in [2.45, 2.75) is 22.8 Å². The number of hydrogen-bond acceptors (Lipinski definition) is 20. The van der Waals surface area contributed by atoms with Crippen LogP contribution in [0.1, 0.15) is 11.4 Å². The Bertz CT molecular complexity index is 2020. The highest BCUT2D eigenvalue weighted by Gasteiger charge is 2.56. The molecule has 4 atom stereocenters. The first-order chi connectivity index (χ1) is 25.1. The van der Waals surface area contributed by atoms with E-state index in [1.165, 1.54) is 53.4 Å². The molecule has 0 aliphatic carbocycles. The number of nitrogens with zero attached hydrogens (tertiary/aromatic N) is 5. The zero-order valence-electron chi connectivity index (χ0n) is 26.8. The zero-order valence-corrected chi connectivity index (χ0v) is 30.1. The number of amides is 4. The van der Waals surface area contributed by atoms with Crippen LogP contribution >= 0.6 is 46.2 Å².